The van der Waals surface area contributed by atoms with Crippen molar-refractivity contribution in [3.05, 3.63) is 42.0 Å². The predicted molar refractivity (Wildman–Crippen MR) is 90.2 cm³/mol. The van der Waals surface area contributed by atoms with Crippen LogP contribution in [0.3, 0.4) is 0 Å². The summed E-state index contributed by atoms with van der Waals surface area (Å²) in [5.74, 6) is 1.42. The van der Waals surface area contributed by atoms with Crippen LogP contribution in [0.15, 0.2) is 36.4 Å². The smallest absolute Gasteiger partial charge is 0.123 e. The van der Waals surface area contributed by atoms with E-state index in [0.29, 0.717) is 5.92 Å². The first kappa shape index (κ1) is 15.3. The zero-order valence-corrected chi connectivity index (χ0v) is 13.5. The standard InChI is InChI=1S/C19H25NO2/c1-14(21)15-9-11-20(12-10-15)13-18-17-6-4-3-5-16(17)7-8-19(18)22-2/h3-8,14-15,21H,9-13H2,1-2H3. The molecule has 2 aromatic carbocycles. The van der Waals surface area contributed by atoms with E-state index >= 15 is 0 Å². The highest BCUT2D eigenvalue weighted by Gasteiger charge is 2.23. The average Bonchev–Trinajstić information content (AvgIpc) is 2.55. The molecule has 1 aliphatic rings. The molecule has 1 saturated heterocycles. The number of methoxy groups -OCH3 is 1. The van der Waals surface area contributed by atoms with Gasteiger partial charge in [0.05, 0.1) is 13.2 Å². The fourth-order valence-corrected chi connectivity index (χ4v) is 3.49. The van der Waals surface area contributed by atoms with Crippen molar-refractivity contribution < 1.29 is 9.84 Å². The summed E-state index contributed by atoms with van der Waals surface area (Å²) in [7, 11) is 1.74. The summed E-state index contributed by atoms with van der Waals surface area (Å²) in [5, 5.41) is 12.3. The normalized spacial score (nSPS) is 18.5. The highest BCUT2D eigenvalue weighted by atomic mass is 16.5. The highest BCUT2D eigenvalue weighted by molar-refractivity contribution is 5.87. The third-order valence-corrected chi connectivity index (χ3v) is 4.91. The van der Waals surface area contributed by atoms with Crippen LogP contribution in [0.1, 0.15) is 25.3 Å². The molecule has 0 spiro atoms. The lowest BCUT2D eigenvalue weighted by atomic mass is 9.91. The Balaban J connectivity index is 1.82. The van der Waals surface area contributed by atoms with Crippen LogP contribution in [0.4, 0.5) is 0 Å². The lowest BCUT2D eigenvalue weighted by Gasteiger charge is -2.33. The van der Waals surface area contributed by atoms with Gasteiger partial charge >= 0.3 is 0 Å². The molecule has 1 unspecified atom stereocenters. The topological polar surface area (TPSA) is 32.7 Å². The van der Waals surface area contributed by atoms with Gasteiger partial charge < -0.3 is 9.84 Å². The van der Waals surface area contributed by atoms with Gasteiger partial charge in [-0.15, -0.1) is 0 Å². The summed E-state index contributed by atoms with van der Waals surface area (Å²) in [4.78, 5) is 2.48. The van der Waals surface area contributed by atoms with E-state index in [1.54, 1.807) is 7.11 Å². The first-order valence-corrected chi connectivity index (χ1v) is 8.14. The molecular formula is C19H25NO2. The SMILES string of the molecule is COc1ccc2ccccc2c1CN1CCC(C(C)O)CC1. The molecule has 3 heteroatoms. The number of piperidine rings is 1. The van der Waals surface area contributed by atoms with E-state index in [1.165, 1.54) is 16.3 Å². The second-order valence-electron chi connectivity index (χ2n) is 6.32. The molecule has 0 radical (unpaired) electrons. The number of hydrogen-bond donors (Lipinski definition) is 1. The first-order valence-electron chi connectivity index (χ1n) is 8.14. The van der Waals surface area contributed by atoms with Gasteiger partial charge in [0.1, 0.15) is 5.75 Å². The third-order valence-electron chi connectivity index (χ3n) is 4.91. The number of ether oxygens (including phenoxy) is 1. The number of aliphatic hydroxyl groups excluding tert-OH is 1. The summed E-state index contributed by atoms with van der Waals surface area (Å²) < 4.78 is 5.59. The van der Waals surface area contributed by atoms with Crippen LogP contribution in [0.5, 0.6) is 5.75 Å². The van der Waals surface area contributed by atoms with E-state index in [2.05, 4.69) is 41.3 Å². The van der Waals surface area contributed by atoms with Crippen LogP contribution in [0.25, 0.3) is 10.8 Å². The van der Waals surface area contributed by atoms with Crippen molar-refractivity contribution in [2.75, 3.05) is 20.2 Å². The number of hydrogen-bond acceptors (Lipinski definition) is 3. The molecule has 1 aliphatic heterocycles. The van der Waals surface area contributed by atoms with Crippen molar-refractivity contribution in [3.8, 4) is 5.75 Å². The van der Waals surface area contributed by atoms with Crippen LogP contribution >= 0.6 is 0 Å². The van der Waals surface area contributed by atoms with E-state index in [0.717, 1.165) is 38.2 Å². The van der Waals surface area contributed by atoms with Crippen LogP contribution in [-0.4, -0.2) is 36.3 Å². The molecule has 118 valence electrons. The van der Waals surface area contributed by atoms with Gasteiger partial charge in [0.2, 0.25) is 0 Å². The van der Waals surface area contributed by atoms with Gasteiger partial charge in [-0.2, -0.15) is 0 Å². The Bertz CT molecular complexity index is 630. The van der Waals surface area contributed by atoms with Crippen LogP contribution in [0, 0.1) is 5.92 Å². The van der Waals surface area contributed by atoms with Gasteiger partial charge in [0, 0.05) is 12.1 Å². The zero-order chi connectivity index (χ0) is 15.5. The van der Waals surface area contributed by atoms with Crippen molar-refractivity contribution in [3.63, 3.8) is 0 Å². The molecule has 0 amide bonds. The molecule has 1 atom stereocenters. The van der Waals surface area contributed by atoms with Gasteiger partial charge in [-0.25, -0.2) is 0 Å². The summed E-state index contributed by atoms with van der Waals surface area (Å²) in [6.45, 7) is 4.91. The Kier molecular flexibility index (Phi) is 4.65. The molecule has 1 heterocycles. The maximum absolute atomic E-state index is 9.74. The molecular weight excluding hydrogens is 274 g/mol. The third kappa shape index (κ3) is 3.11. The summed E-state index contributed by atoms with van der Waals surface area (Å²) in [6.07, 6.45) is 1.96. The fraction of sp³-hybridized carbons (Fsp3) is 0.474. The number of fused-ring (bicyclic) bond motifs is 1. The van der Waals surface area contributed by atoms with E-state index < -0.39 is 0 Å². The lowest BCUT2D eigenvalue weighted by Crippen LogP contribution is -2.36. The number of likely N-dealkylation sites (tertiary alicyclic amines) is 1. The minimum absolute atomic E-state index is 0.186. The summed E-state index contributed by atoms with van der Waals surface area (Å²) in [6, 6.07) is 12.7. The van der Waals surface area contributed by atoms with E-state index in [-0.39, 0.29) is 6.10 Å². The molecule has 0 aromatic heterocycles. The highest BCUT2D eigenvalue weighted by Crippen LogP contribution is 2.30. The number of rotatable bonds is 4. The number of benzene rings is 2. The second kappa shape index (κ2) is 6.67. The van der Waals surface area contributed by atoms with Gasteiger partial charge in [-0.1, -0.05) is 30.3 Å². The Labute approximate surface area is 132 Å². The first-order chi connectivity index (χ1) is 10.7. The molecule has 1 fully saturated rings. The van der Waals surface area contributed by atoms with Crippen LogP contribution in [-0.2, 0) is 6.54 Å². The largest absolute Gasteiger partial charge is 0.496 e. The number of nitrogens with zero attached hydrogens (tertiary/aromatic N) is 1. The quantitative estimate of drug-likeness (QED) is 0.938. The van der Waals surface area contributed by atoms with Crippen molar-refractivity contribution in [1.29, 1.82) is 0 Å². The molecule has 1 N–H and O–H groups in total. The van der Waals surface area contributed by atoms with E-state index in [1.807, 2.05) is 6.92 Å². The Morgan fingerprint density at radius 3 is 2.59 bits per heavy atom. The molecule has 0 bridgehead atoms. The molecule has 22 heavy (non-hydrogen) atoms. The molecule has 0 saturated carbocycles. The Morgan fingerprint density at radius 1 is 1.18 bits per heavy atom. The molecule has 3 nitrogen and oxygen atoms in total. The molecule has 3 rings (SSSR count). The van der Waals surface area contributed by atoms with E-state index in [4.69, 9.17) is 4.74 Å². The van der Waals surface area contributed by atoms with Crippen molar-refractivity contribution in [2.45, 2.75) is 32.4 Å². The summed E-state index contributed by atoms with van der Waals surface area (Å²) in [5.41, 5.74) is 1.27. The Morgan fingerprint density at radius 2 is 1.91 bits per heavy atom. The molecule has 0 aliphatic carbocycles. The molecule has 2 aromatic rings. The zero-order valence-electron chi connectivity index (χ0n) is 13.5. The average molecular weight is 299 g/mol. The van der Waals surface area contributed by atoms with Crippen LogP contribution < -0.4 is 4.74 Å². The van der Waals surface area contributed by atoms with Crippen molar-refractivity contribution >= 4 is 10.8 Å². The van der Waals surface area contributed by atoms with E-state index in [9.17, 15) is 5.11 Å². The summed E-state index contributed by atoms with van der Waals surface area (Å²) >= 11 is 0. The second-order valence-corrected chi connectivity index (χ2v) is 6.32. The lowest BCUT2D eigenvalue weighted by molar-refractivity contribution is 0.0694. The van der Waals surface area contributed by atoms with Gasteiger partial charge in [0.15, 0.2) is 0 Å². The predicted octanol–water partition coefficient (Wildman–Crippen LogP) is 3.44. The minimum atomic E-state index is -0.186. The number of aliphatic hydroxyl groups is 1. The van der Waals surface area contributed by atoms with Gasteiger partial charge in [-0.3, -0.25) is 4.90 Å². The fourth-order valence-electron chi connectivity index (χ4n) is 3.49. The monoisotopic (exact) mass is 299 g/mol. The van der Waals surface area contributed by atoms with Crippen molar-refractivity contribution in [2.24, 2.45) is 5.92 Å². The van der Waals surface area contributed by atoms with Crippen LogP contribution in [0.2, 0.25) is 0 Å². The maximum Gasteiger partial charge on any atom is 0.123 e. The van der Waals surface area contributed by atoms with Gasteiger partial charge in [0.25, 0.3) is 0 Å². The van der Waals surface area contributed by atoms with Crippen molar-refractivity contribution in [1.82, 2.24) is 4.90 Å². The van der Waals surface area contributed by atoms with Gasteiger partial charge in [-0.05, 0) is 55.6 Å². The Hall–Kier alpha value is -1.58. The minimum Gasteiger partial charge on any atom is -0.496 e. The maximum atomic E-state index is 9.74.